The lowest BCUT2D eigenvalue weighted by molar-refractivity contribution is -0.00879. The molecule has 7 heterocycles. The van der Waals surface area contributed by atoms with Crippen molar-refractivity contribution in [2.24, 2.45) is 0 Å². The number of ether oxygens (including phenoxy) is 1. The van der Waals surface area contributed by atoms with Crippen LogP contribution >= 0.6 is 0 Å². The summed E-state index contributed by atoms with van der Waals surface area (Å²) in [6.45, 7) is 2.77. The van der Waals surface area contributed by atoms with Crippen LogP contribution in [0, 0.1) is 11.3 Å². The summed E-state index contributed by atoms with van der Waals surface area (Å²) >= 11 is 0. The summed E-state index contributed by atoms with van der Waals surface area (Å²) in [5.74, 6) is 1.53. The van der Waals surface area contributed by atoms with Gasteiger partial charge in [0.2, 0.25) is 5.88 Å². The maximum absolute atomic E-state index is 9.42. The largest absolute Gasteiger partial charge is 0.481 e. The molecule has 0 N–H and O–H groups in total. The minimum atomic E-state index is 0.506. The number of piperazine rings is 1. The third-order valence-electron chi connectivity index (χ3n) is 6.62. The summed E-state index contributed by atoms with van der Waals surface area (Å²) in [6.07, 6.45) is 10.1. The van der Waals surface area contributed by atoms with E-state index in [0.717, 1.165) is 42.2 Å². The Labute approximate surface area is 190 Å². The van der Waals surface area contributed by atoms with Gasteiger partial charge in [-0.15, -0.1) is 0 Å². The highest BCUT2D eigenvalue weighted by Crippen LogP contribution is 2.35. The first-order chi connectivity index (χ1) is 16.2. The second-order valence-electron chi connectivity index (χ2n) is 8.47. The molecule has 0 saturated carbocycles. The number of nitriles is 1. The molecule has 3 aliphatic heterocycles. The lowest BCUT2D eigenvalue weighted by Gasteiger charge is -2.56. The minimum Gasteiger partial charge on any atom is -0.481 e. The highest BCUT2D eigenvalue weighted by atomic mass is 16.5. The summed E-state index contributed by atoms with van der Waals surface area (Å²) < 4.78 is 6.86. The fraction of sp³-hybridized carbons (Fsp3) is 0.292. The van der Waals surface area contributed by atoms with Crippen LogP contribution in [-0.2, 0) is 6.54 Å². The molecule has 0 aromatic carbocycles. The van der Waals surface area contributed by atoms with Crippen molar-refractivity contribution in [2.45, 2.75) is 25.0 Å². The van der Waals surface area contributed by atoms with Crippen molar-refractivity contribution in [1.82, 2.24) is 29.5 Å². The minimum absolute atomic E-state index is 0.506. The van der Waals surface area contributed by atoms with Gasteiger partial charge in [0, 0.05) is 55.7 Å². The average molecular weight is 438 g/mol. The topological polar surface area (TPSA) is 95.5 Å². The van der Waals surface area contributed by atoms with E-state index in [1.54, 1.807) is 24.0 Å². The summed E-state index contributed by atoms with van der Waals surface area (Å²) in [4.78, 5) is 18.6. The highest BCUT2D eigenvalue weighted by molar-refractivity contribution is 5.82. The molecule has 0 amide bonds. The molecule has 3 aliphatic rings. The highest BCUT2D eigenvalue weighted by Gasteiger charge is 2.44. The SMILES string of the molecule is COc1ccc(CN2[C@@H]3C[C@H]2CN(c2cnc(-c4cccn5ncc(C#N)c45)cn2)C3)cn1. The maximum atomic E-state index is 9.42. The van der Waals surface area contributed by atoms with Gasteiger partial charge in [-0.25, -0.2) is 14.5 Å². The van der Waals surface area contributed by atoms with Gasteiger partial charge in [-0.05, 0) is 24.1 Å². The van der Waals surface area contributed by atoms with Crippen LogP contribution in [0.3, 0.4) is 0 Å². The molecule has 0 unspecified atom stereocenters. The molecule has 4 aromatic heterocycles. The van der Waals surface area contributed by atoms with Gasteiger partial charge >= 0.3 is 0 Å². The Morgan fingerprint density at radius 2 is 1.94 bits per heavy atom. The molecule has 0 aliphatic carbocycles. The number of hydrogen-bond acceptors (Lipinski definition) is 8. The van der Waals surface area contributed by atoms with Gasteiger partial charge in [-0.1, -0.05) is 6.07 Å². The van der Waals surface area contributed by atoms with Crippen molar-refractivity contribution in [2.75, 3.05) is 25.1 Å². The van der Waals surface area contributed by atoms with Gasteiger partial charge in [0.1, 0.15) is 11.9 Å². The van der Waals surface area contributed by atoms with Gasteiger partial charge in [0.25, 0.3) is 0 Å². The Morgan fingerprint density at radius 3 is 2.64 bits per heavy atom. The summed E-state index contributed by atoms with van der Waals surface area (Å²) in [5.41, 5.74) is 4.07. The Bertz CT molecular complexity index is 1330. The van der Waals surface area contributed by atoms with E-state index in [2.05, 4.69) is 37.0 Å². The molecule has 2 atom stereocenters. The number of fused-ring (bicyclic) bond motifs is 3. The molecule has 2 bridgehead atoms. The van der Waals surface area contributed by atoms with Crippen molar-refractivity contribution in [3.05, 3.63) is 66.4 Å². The van der Waals surface area contributed by atoms with Crippen LogP contribution < -0.4 is 9.64 Å². The Hall–Kier alpha value is -4.03. The number of methoxy groups -OCH3 is 1. The maximum Gasteiger partial charge on any atom is 0.212 e. The summed E-state index contributed by atoms with van der Waals surface area (Å²) in [7, 11) is 1.63. The second-order valence-corrected chi connectivity index (χ2v) is 8.47. The quantitative estimate of drug-likeness (QED) is 0.469. The normalized spacial score (nSPS) is 19.8. The molecule has 4 aromatic rings. The van der Waals surface area contributed by atoms with Crippen LogP contribution in [0.15, 0.2) is 55.2 Å². The first-order valence-electron chi connectivity index (χ1n) is 10.9. The van der Waals surface area contributed by atoms with E-state index in [0.29, 0.717) is 23.5 Å². The van der Waals surface area contributed by atoms with Crippen molar-refractivity contribution < 1.29 is 4.74 Å². The molecule has 9 nitrogen and oxygen atoms in total. The van der Waals surface area contributed by atoms with Crippen molar-refractivity contribution in [1.29, 1.82) is 5.26 Å². The standard InChI is InChI=1S/C24H22N8O/c1-33-23-5-4-16(9-28-23)13-31-18-7-19(31)15-30(14-18)22-12-26-21(11-27-22)20-3-2-6-32-24(20)17(8-25)10-29-32/h2-6,9-12,18-19H,7,13-15H2,1H3/t18-,19+. The smallest absolute Gasteiger partial charge is 0.212 e. The predicted octanol–water partition coefficient (Wildman–Crippen LogP) is 2.53. The lowest BCUT2D eigenvalue weighted by atomic mass is 9.87. The van der Waals surface area contributed by atoms with Gasteiger partial charge in [0.05, 0.1) is 42.5 Å². The Balaban J connectivity index is 1.17. The van der Waals surface area contributed by atoms with E-state index in [1.165, 1.54) is 12.0 Å². The zero-order chi connectivity index (χ0) is 22.4. The number of pyridine rings is 2. The third kappa shape index (κ3) is 3.36. The Kier molecular flexibility index (Phi) is 4.66. The van der Waals surface area contributed by atoms with Crippen LogP contribution in [0.1, 0.15) is 17.5 Å². The summed E-state index contributed by atoms with van der Waals surface area (Å²) in [5, 5.41) is 13.7. The van der Waals surface area contributed by atoms with Crippen LogP contribution in [0.25, 0.3) is 16.8 Å². The molecule has 9 heteroatoms. The first kappa shape index (κ1) is 19.6. The van der Waals surface area contributed by atoms with Gasteiger partial charge < -0.3 is 9.64 Å². The number of anilines is 1. The average Bonchev–Trinajstić information content (AvgIpc) is 3.31. The molecule has 164 valence electrons. The number of hydrogen-bond donors (Lipinski definition) is 0. The third-order valence-corrected chi connectivity index (χ3v) is 6.62. The molecule has 0 spiro atoms. The molecule has 3 saturated heterocycles. The zero-order valence-electron chi connectivity index (χ0n) is 18.2. The molecular formula is C24H22N8O. The number of piperidine rings is 1. The first-order valence-corrected chi connectivity index (χ1v) is 10.9. The number of nitrogens with zero attached hydrogens (tertiary/aromatic N) is 8. The van der Waals surface area contributed by atoms with E-state index >= 15 is 0 Å². The van der Waals surface area contributed by atoms with E-state index in [4.69, 9.17) is 9.72 Å². The van der Waals surface area contributed by atoms with Crippen molar-refractivity contribution in [3.8, 4) is 23.2 Å². The van der Waals surface area contributed by atoms with E-state index in [9.17, 15) is 5.26 Å². The van der Waals surface area contributed by atoms with E-state index < -0.39 is 0 Å². The van der Waals surface area contributed by atoms with E-state index in [1.807, 2.05) is 36.8 Å². The van der Waals surface area contributed by atoms with Gasteiger partial charge in [0.15, 0.2) is 0 Å². The molecule has 3 fully saturated rings. The van der Waals surface area contributed by atoms with Gasteiger partial charge in [-0.2, -0.15) is 10.4 Å². The number of aromatic nitrogens is 5. The fourth-order valence-electron chi connectivity index (χ4n) is 4.92. The molecule has 0 radical (unpaired) electrons. The second kappa shape index (κ2) is 7.83. The van der Waals surface area contributed by atoms with Crippen LogP contribution in [0.4, 0.5) is 5.82 Å². The lowest BCUT2D eigenvalue weighted by Crippen LogP contribution is -2.68. The molecule has 7 rings (SSSR count). The summed E-state index contributed by atoms with van der Waals surface area (Å²) in [6, 6.07) is 11.1. The fourth-order valence-corrected chi connectivity index (χ4v) is 4.92. The molecule has 33 heavy (non-hydrogen) atoms. The van der Waals surface area contributed by atoms with Crippen LogP contribution in [0.5, 0.6) is 5.88 Å². The van der Waals surface area contributed by atoms with Crippen LogP contribution in [0.2, 0.25) is 0 Å². The van der Waals surface area contributed by atoms with E-state index in [-0.39, 0.29) is 0 Å². The Morgan fingerprint density at radius 1 is 1.06 bits per heavy atom. The van der Waals surface area contributed by atoms with Crippen molar-refractivity contribution >= 4 is 11.3 Å². The number of rotatable bonds is 5. The molecular weight excluding hydrogens is 416 g/mol. The van der Waals surface area contributed by atoms with Gasteiger partial charge in [-0.3, -0.25) is 9.88 Å². The monoisotopic (exact) mass is 438 g/mol. The zero-order valence-corrected chi connectivity index (χ0v) is 18.2. The van der Waals surface area contributed by atoms with Crippen LogP contribution in [-0.4, -0.2) is 61.7 Å². The van der Waals surface area contributed by atoms with Crippen molar-refractivity contribution in [3.63, 3.8) is 0 Å². The predicted molar refractivity (Wildman–Crippen MR) is 122 cm³/mol.